The van der Waals surface area contributed by atoms with Crippen molar-refractivity contribution in [3.63, 3.8) is 0 Å². The van der Waals surface area contributed by atoms with Gasteiger partial charge in [0.2, 0.25) is 0 Å². The first-order chi connectivity index (χ1) is 8.00. The third kappa shape index (κ3) is 4.28. The second kappa shape index (κ2) is 6.05. The zero-order valence-electron chi connectivity index (χ0n) is 8.76. The van der Waals surface area contributed by atoms with E-state index in [0.717, 1.165) is 0 Å². The van der Waals surface area contributed by atoms with Gasteiger partial charge in [-0.2, -0.15) is 0 Å². The first kappa shape index (κ1) is 13.2. The zero-order valence-corrected chi connectivity index (χ0v) is 9.51. The fraction of sp³-hybridized carbons (Fsp3) is 0.300. The molecule has 0 saturated heterocycles. The Morgan fingerprint density at radius 1 is 1.53 bits per heavy atom. The number of nitro benzene ring substituents is 1. The molecule has 0 saturated carbocycles. The third-order valence-corrected chi connectivity index (χ3v) is 2.15. The second-order valence-corrected chi connectivity index (χ2v) is 3.65. The Kier molecular flexibility index (Phi) is 4.71. The fourth-order valence-electron chi connectivity index (χ4n) is 1.16. The van der Waals surface area contributed by atoms with Crippen molar-refractivity contribution in [2.45, 2.75) is 12.8 Å². The molecule has 1 rings (SSSR count). The summed E-state index contributed by atoms with van der Waals surface area (Å²) in [6.45, 7) is 0.0908. The molecule has 0 aliphatic carbocycles. The van der Waals surface area contributed by atoms with Crippen molar-refractivity contribution in [2.24, 2.45) is 0 Å². The van der Waals surface area contributed by atoms with Crippen LogP contribution in [0.25, 0.3) is 0 Å². The lowest BCUT2D eigenvalue weighted by Crippen LogP contribution is -2.03. The van der Waals surface area contributed by atoms with E-state index < -0.39 is 10.9 Å². The van der Waals surface area contributed by atoms with Crippen LogP contribution in [-0.4, -0.2) is 22.6 Å². The van der Waals surface area contributed by atoms with Gasteiger partial charge >= 0.3 is 11.7 Å². The number of halogens is 1. The number of carbonyl (C=O) groups is 1. The van der Waals surface area contributed by atoms with Gasteiger partial charge in [0, 0.05) is 23.6 Å². The highest BCUT2D eigenvalue weighted by Gasteiger charge is 2.15. The average Bonchev–Trinajstić information content (AvgIpc) is 2.23. The van der Waals surface area contributed by atoms with Crippen LogP contribution < -0.4 is 4.74 Å². The molecule has 1 aromatic rings. The molecule has 0 fully saturated rings. The van der Waals surface area contributed by atoms with Crippen molar-refractivity contribution < 1.29 is 19.6 Å². The Bertz CT molecular complexity index is 435. The molecule has 6 nitrogen and oxygen atoms in total. The maximum atomic E-state index is 10.7. The molecule has 0 amide bonds. The number of aliphatic carboxylic acids is 1. The van der Waals surface area contributed by atoms with Crippen molar-refractivity contribution in [3.05, 3.63) is 33.3 Å². The summed E-state index contributed by atoms with van der Waals surface area (Å²) < 4.78 is 5.14. The summed E-state index contributed by atoms with van der Waals surface area (Å²) >= 11 is 5.69. The standard InChI is InChI=1S/C10H10ClNO5/c11-7-3-4-8(12(15)16)9(6-7)17-5-1-2-10(13)14/h3-4,6H,1-2,5H2,(H,13,14). The number of nitrogens with zero attached hydrogens (tertiary/aromatic N) is 1. The summed E-state index contributed by atoms with van der Waals surface area (Å²) in [7, 11) is 0. The number of carboxylic acids is 1. The Balaban J connectivity index is 2.65. The van der Waals surface area contributed by atoms with Crippen molar-refractivity contribution in [1.29, 1.82) is 0 Å². The van der Waals surface area contributed by atoms with Gasteiger partial charge in [0.1, 0.15) is 0 Å². The van der Waals surface area contributed by atoms with E-state index in [0.29, 0.717) is 5.02 Å². The smallest absolute Gasteiger partial charge is 0.311 e. The van der Waals surface area contributed by atoms with Gasteiger partial charge in [-0.3, -0.25) is 14.9 Å². The summed E-state index contributed by atoms with van der Waals surface area (Å²) in [5, 5.41) is 19.4. The summed E-state index contributed by atoms with van der Waals surface area (Å²) in [6, 6.07) is 3.97. The van der Waals surface area contributed by atoms with Crippen LogP contribution in [0.15, 0.2) is 18.2 Å². The largest absolute Gasteiger partial charge is 0.487 e. The number of carboxylic acid groups (broad SMARTS) is 1. The lowest BCUT2D eigenvalue weighted by Gasteiger charge is -2.06. The molecule has 0 aromatic heterocycles. The minimum absolute atomic E-state index is 0.0473. The van der Waals surface area contributed by atoms with E-state index in [2.05, 4.69) is 0 Å². The summed E-state index contributed by atoms with van der Waals surface area (Å²) in [4.78, 5) is 20.3. The van der Waals surface area contributed by atoms with Gasteiger partial charge in [-0.1, -0.05) is 11.6 Å². The van der Waals surface area contributed by atoms with Gasteiger partial charge in [0.05, 0.1) is 11.5 Å². The van der Waals surface area contributed by atoms with Crippen LogP contribution >= 0.6 is 11.6 Å². The van der Waals surface area contributed by atoms with Crippen molar-refractivity contribution in [1.82, 2.24) is 0 Å². The quantitative estimate of drug-likeness (QED) is 0.481. The van der Waals surface area contributed by atoms with E-state index in [9.17, 15) is 14.9 Å². The third-order valence-electron chi connectivity index (χ3n) is 1.91. The zero-order chi connectivity index (χ0) is 12.8. The molecule has 92 valence electrons. The maximum Gasteiger partial charge on any atom is 0.311 e. The normalized spacial score (nSPS) is 9.94. The van der Waals surface area contributed by atoms with Gasteiger partial charge in [0.25, 0.3) is 0 Å². The van der Waals surface area contributed by atoms with E-state index in [1.54, 1.807) is 0 Å². The van der Waals surface area contributed by atoms with Crippen molar-refractivity contribution in [2.75, 3.05) is 6.61 Å². The molecule has 0 aliphatic heterocycles. The summed E-state index contributed by atoms with van der Waals surface area (Å²) in [6.07, 6.45) is 0.230. The molecule has 0 radical (unpaired) electrons. The first-order valence-electron chi connectivity index (χ1n) is 4.79. The Morgan fingerprint density at radius 2 is 2.24 bits per heavy atom. The summed E-state index contributed by atoms with van der Waals surface area (Å²) in [5.41, 5.74) is -0.190. The molecule has 0 aliphatic rings. The van der Waals surface area contributed by atoms with Crippen molar-refractivity contribution >= 4 is 23.3 Å². The highest BCUT2D eigenvalue weighted by atomic mass is 35.5. The number of hydrogen-bond acceptors (Lipinski definition) is 4. The molecular weight excluding hydrogens is 250 g/mol. The lowest BCUT2D eigenvalue weighted by atomic mass is 10.3. The average molecular weight is 260 g/mol. The number of benzene rings is 1. The number of ether oxygens (including phenoxy) is 1. The molecule has 1 N–H and O–H groups in total. The molecule has 0 heterocycles. The molecule has 1 aromatic carbocycles. The van der Waals surface area contributed by atoms with Crippen LogP contribution in [-0.2, 0) is 4.79 Å². The Hall–Kier alpha value is -1.82. The lowest BCUT2D eigenvalue weighted by molar-refractivity contribution is -0.385. The van der Waals surface area contributed by atoms with Crippen LogP contribution in [0.3, 0.4) is 0 Å². The van der Waals surface area contributed by atoms with Crippen LogP contribution in [0.1, 0.15) is 12.8 Å². The highest BCUT2D eigenvalue weighted by Crippen LogP contribution is 2.29. The van der Waals surface area contributed by atoms with E-state index >= 15 is 0 Å². The molecule has 17 heavy (non-hydrogen) atoms. The monoisotopic (exact) mass is 259 g/mol. The van der Waals surface area contributed by atoms with E-state index in [1.807, 2.05) is 0 Å². The minimum Gasteiger partial charge on any atom is -0.487 e. The Labute approximate surface area is 102 Å². The molecular formula is C10H10ClNO5. The molecule has 0 atom stereocenters. The van der Waals surface area contributed by atoms with Gasteiger partial charge in [-0.15, -0.1) is 0 Å². The van der Waals surface area contributed by atoms with Gasteiger partial charge < -0.3 is 9.84 Å². The maximum absolute atomic E-state index is 10.7. The molecule has 0 bridgehead atoms. The molecule has 0 spiro atoms. The van der Waals surface area contributed by atoms with Crippen LogP contribution in [0, 0.1) is 10.1 Å². The van der Waals surface area contributed by atoms with Gasteiger partial charge in [0.15, 0.2) is 5.75 Å². The predicted molar refractivity (Wildman–Crippen MR) is 60.5 cm³/mol. The van der Waals surface area contributed by atoms with Crippen LogP contribution in [0.2, 0.25) is 5.02 Å². The van der Waals surface area contributed by atoms with Crippen LogP contribution in [0.5, 0.6) is 5.75 Å². The number of nitro groups is 1. The minimum atomic E-state index is -0.936. The fourth-order valence-corrected chi connectivity index (χ4v) is 1.32. The van der Waals surface area contributed by atoms with Gasteiger partial charge in [-0.05, 0) is 12.5 Å². The van der Waals surface area contributed by atoms with E-state index in [-0.39, 0.29) is 30.9 Å². The Morgan fingerprint density at radius 3 is 2.82 bits per heavy atom. The summed E-state index contributed by atoms with van der Waals surface area (Å²) in [5.74, 6) is -0.887. The molecule has 7 heteroatoms. The van der Waals surface area contributed by atoms with Crippen LogP contribution in [0.4, 0.5) is 5.69 Å². The molecule has 0 unspecified atom stereocenters. The highest BCUT2D eigenvalue weighted by molar-refractivity contribution is 6.30. The second-order valence-electron chi connectivity index (χ2n) is 3.21. The topological polar surface area (TPSA) is 89.7 Å². The predicted octanol–water partition coefficient (Wildman–Crippen LogP) is 2.49. The number of hydrogen-bond donors (Lipinski definition) is 1. The van der Waals surface area contributed by atoms with Gasteiger partial charge in [-0.25, -0.2) is 0 Å². The van der Waals surface area contributed by atoms with E-state index in [4.69, 9.17) is 21.4 Å². The van der Waals surface area contributed by atoms with Crippen molar-refractivity contribution in [3.8, 4) is 5.75 Å². The SMILES string of the molecule is O=C(O)CCCOc1cc(Cl)ccc1[N+](=O)[O-]. The first-order valence-corrected chi connectivity index (χ1v) is 5.17. The number of rotatable bonds is 6. The van der Waals surface area contributed by atoms with E-state index in [1.165, 1.54) is 18.2 Å².